The van der Waals surface area contributed by atoms with Crippen LogP contribution in [0.4, 0.5) is 13.2 Å². The Morgan fingerprint density at radius 3 is 2.56 bits per heavy atom. The number of aromatic nitrogens is 1. The minimum absolute atomic E-state index is 0.338. The second-order valence-corrected chi connectivity index (χ2v) is 4.85. The first-order valence-corrected chi connectivity index (χ1v) is 5.90. The van der Waals surface area contributed by atoms with Crippen LogP contribution in [0, 0.1) is 0 Å². The van der Waals surface area contributed by atoms with Crippen molar-refractivity contribution in [1.29, 1.82) is 0 Å². The normalized spacial score (nSPS) is 12.4. The highest BCUT2D eigenvalue weighted by Crippen LogP contribution is 2.31. The number of carbonyl (C=O) groups is 1. The molecule has 0 fully saturated rings. The topological polar surface area (TPSA) is 21.5 Å². The number of nitrogens with zero attached hydrogens (tertiary/aromatic N) is 1. The van der Waals surface area contributed by atoms with Gasteiger partial charge in [-0.25, -0.2) is 0 Å². The molecule has 0 saturated carbocycles. The molecule has 3 rings (SSSR count). The monoisotopic (exact) mass is 269 g/mol. The highest BCUT2D eigenvalue weighted by Gasteiger charge is 2.41. The van der Waals surface area contributed by atoms with Gasteiger partial charge in [-0.15, -0.1) is 11.3 Å². The van der Waals surface area contributed by atoms with Crippen LogP contribution >= 0.6 is 11.3 Å². The fourth-order valence-corrected chi connectivity index (χ4v) is 2.97. The van der Waals surface area contributed by atoms with Crippen molar-refractivity contribution in [2.24, 2.45) is 0 Å². The Kier molecular flexibility index (Phi) is 2.25. The molecule has 1 aromatic carbocycles. The van der Waals surface area contributed by atoms with Crippen molar-refractivity contribution in [3.8, 4) is 0 Å². The third kappa shape index (κ3) is 1.53. The van der Waals surface area contributed by atoms with Crippen molar-refractivity contribution in [1.82, 2.24) is 4.40 Å². The van der Waals surface area contributed by atoms with Crippen molar-refractivity contribution in [3.63, 3.8) is 0 Å². The molecule has 3 aromatic rings. The summed E-state index contributed by atoms with van der Waals surface area (Å²) in [5.74, 6) is -1.81. The van der Waals surface area contributed by atoms with Crippen molar-refractivity contribution in [2.45, 2.75) is 6.18 Å². The van der Waals surface area contributed by atoms with E-state index in [-0.39, 0.29) is 5.69 Å². The minimum atomic E-state index is -4.85. The van der Waals surface area contributed by atoms with E-state index in [1.165, 1.54) is 27.9 Å². The molecule has 0 aliphatic heterocycles. The van der Waals surface area contributed by atoms with Crippen LogP contribution in [-0.4, -0.2) is 16.4 Å². The number of hydrogen-bond donors (Lipinski definition) is 0. The Morgan fingerprint density at radius 2 is 1.83 bits per heavy atom. The number of alkyl halides is 3. The summed E-state index contributed by atoms with van der Waals surface area (Å²) < 4.78 is 39.7. The van der Waals surface area contributed by atoms with Crippen molar-refractivity contribution >= 4 is 32.2 Å². The fraction of sp³-hybridized carbons (Fsp3) is 0.0833. The number of para-hydroxylation sites is 1. The molecule has 0 amide bonds. The SMILES string of the molecule is O=C(c1ccc2sc3ccccc3n12)C(F)(F)F. The smallest absolute Gasteiger partial charge is 0.297 e. The van der Waals surface area contributed by atoms with E-state index in [4.69, 9.17) is 0 Å². The van der Waals surface area contributed by atoms with Gasteiger partial charge in [0.25, 0.3) is 5.78 Å². The lowest BCUT2D eigenvalue weighted by atomic mass is 10.2. The highest BCUT2D eigenvalue weighted by molar-refractivity contribution is 7.24. The molecule has 0 aliphatic carbocycles. The third-order valence-corrected chi connectivity index (χ3v) is 3.75. The summed E-state index contributed by atoms with van der Waals surface area (Å²) in [6.45, 7) is 0. The van der Waals surface area contributed by atoms with E-state index >= 15 is 0 Å². The number of carbonyl (C=O) groups excluding carboxylic acids is 1. The van der Waals surface area contributed by atoms with Gasteiger partial charge in [0.05, 0.1) is 15.9 Å². The molecule has 0 N–H and O–H groups in total. The third-order valence-electron chi connectivity index (χ3n) is 2.66. The van der Waals surface area contributed by atoms with Gasteiger partial charge in [-0.1, -0.05) is 12.1 Å². The van der Waals surface area contributed by atoms with E-state index < -0.39 is 12.0 Å². The lowest BCUT2D eigenvalue weighted by Gasteiger charge is -2.04. The molecule has 2 nitrogen and oxygen atoms in total. The van der Waals surface area contributed by atoms with E-state index in [0.29, 0.717) is 10.3 Å². The van der Waals surface area contributed by atoms with Gasteiger partial charge in [-0.2, -0.15) is 13.2 Å². The number of rotatable bonds is 1. The number of Topliss-reactive ketones (excluding diaryl/α,β-unsaturated/α-hetero) is 1. The maximum Gasteiger partial charge on any atom is 0.456 e. The molecule has 0 radical (unpaired) electrons. The first kappa shape index (κ1) is 11.3. The second kappa shape index (κ2) is 3.58. The summed E-state index contributed by atoms with van der Waals surface area (Å²) in [5, 5.41) is 0. The maximum absolute atomic E-state index is 12.5. The average molecular weight is 269 g/mol. The summed E-state index contributed by atoms with van der Waals surface area (Å²) in [6, 6.07) is 9.80. The van der Waals surface area contributed by atoms with Crippen molar-refractivity contribution in [2.75, 3.05) is 0 Å². The quantitative estimate of drug-likeness (QED) is 0.614. The Bertz CT molecular complexity index is 753. The van der Waals surface area contributed by atoms with Crippen LogP contribution in [-0.2, 0) is 0 Å². The highest BCUT2D eigenvalue weighted by atomic mass is 32.1. The lowest BCUT2D eigenvalue weighted by molar-refractivity contribution is -0.0888. The molecule has 0 spiro atoms. The van der Waals surface area contributed by atoms with Gasteiger partial charge in [-0.3, -0.25) is 9.20 Å². The van der Waals surface area contributed by atoms with Crippen LogP contribution in [0.25, 0.3) is 15.0 Å². The van der Waals surface area contributed by atoms with Crippen LogP contribution in [0.2, 0.25) is 0 Å². The number of benzene rings is 1. The van der Waals surface area contributed by atoms with Crippen molar-refractivity contribution < 1.29 is 18.0 Å². The molecule has 6 heteroatoms. The minimum Gasteiger partial charge on any atom is -0.297 e. The standard InChI is InChI=1S/C12H6F3NOS/c13-12(14,15)11(17)8-5-6-10-16(8)7-3-1-2-4-9(7)18-10/h1-6H. The van der Waals surface area contributed by atoms with E-state index in [2.05, 4.69) is 0 Å². The van der Waals surface area contributed by atoms with Crippen LogP contribution in [0.15, 0.2) is 36.4 Å². The number of thiazole rings is 1. The molecule has 92 valence electrons. The molecular weight excluding hydrogens is 263 g/mol. The van der Waals surface area contributed by atoms with Gasteiger partial charge >= 0.3 is 6.18 Å². The molecule has 2 aromatic heterocycles. The zero-order chi connectivity index (χ0) is 12.9. The molecule has 0 aliphatic rings. The Hall–Kier alpha value is -1.82. The Morgan fingerprint density at radius 1 is 1.11 bits per heavy atom. The van der Waals surface area contributed by atoms with Gasteiger partial charge in [-0.05, 0) is 24.3 Å². The number of fused-ring (bicyclic) bond motifs is 3. The molecule has 0 atom stereocenters. The second-order valence-electron chi connectivity index (χ2n) is 3.79. The molecule has 18 heavy (non-hydrogen) atoms. The summed E-state index contributed by atoms with van der Waals surface area (Å²) in [6.07, 6.45) is -4.85. The number of hydrogen-bond acceptors (Lipinski definition) is 2. The predicted molar refractivity (Wildman–Crippen MR) is 63.2 cm³/mol. The van der Waals surface area contributed by atoms with Gasteiger partial charge in [0.15, 0.2) is 0 Å². The van der Waals surface area contributed by atoms with Gasteiger partial charge in [0, 0.05) is 0 Å². The van der Waals surface area contributed by atoms with Crippen LogP contribution in [0.1, 0.15) is 10.5 Å². The van der Waals surface area contributed by atoms with E-state index in [9.17, 15) is 18.0 Å². The molecule has 0 bridgehead atoms. The number of halogens is 3. The summed E-state index contributed by atoms with van der Waals surface area (Å²) >= 11 is 1.35. The Labute approximate surface area is 103 Å². The van der Waals surface area contributed by atoms with Crippen LogP contribution in [0.3, 0.4) is 0 Å². The first-order valence-electron chi connectivity index (χ1n) is 5.09. The predicted octanol–water partition coefficient (Wildman–Crippen LogP) is 3.90. The van der Waals surface area contributed by atoms with E-state index in [0.717, 1.165) is 4.70 Å². The first-order chi connectivity index (χ1) is 8.48. The fourth-order valence-electron chi connectivity index (χ4n) is 1.91. The molecule has 0 saturated heterocycles. The molecular formula is C12H6F3NOS. The van der Waals surface area contributed by atoms with E-state index in [1.807, 2.05) is 12.1 Å². The van der Waals surface area contributed by atoms with Gasteiger partial charge in [0.1, 0.15) is 4.83 Å². The summed E-state index contributed by atoms with van der Waals surface area (Å²) in [5.41, 5.74) is 0.282. The maximum atomic E-state index is 12.5. The van der Waals surface area contributed by atoms with Gasteiger partial charge < -0.3 is 0 Å². The lowest BCUT2D eigenvalue weighted by Crippen LogP contribution is -2.23. The van der Waals surface area contributed by atoms with Crippen LogP contribution < -0.4 is 0 Å². The van der Waals surface area contributed by atoms with Crippen LogP contribution in [0.5, 0.6) is 0 Å². The zero-order valence-electron chi connectivity index (χ0n) is 8.86. The number of ketones is 1. The van der Waals surface area contributed by atoms with Gasteiger partial charge in [0.2, 0.25) is 0 Å². The summed E-state index contributed by atoms with van der Waals surface area (Å²) in [4.78, 5) is 12.0. The average Bonchev–Trinajstić information content (AvgIpc) is 2.84. The summed E-state index contributed by atoms with van der Waals surface area (Å²) in [7, 11) is 0. The Balaban J connectivity index is 2.34. The largest absolute Gasteiger partial charge is 0.456 e. The van der Waals surface area contributed by atoms with Crippen molar-refractivity contribution in [3.05, 3.63) is 42.1 Å². The molecule has 2 heterocycles. The molecule has 0 unspecified atom stereocenters. The zero-order valence-corrected chi connectivity index (χ0v) is 9.68. The van der Waals surface area contributed by atoms with E-state index in [1.54, 1.807) is 12.1 Å².